The Morgan fingerprint density at radius 2 is 1.84 bits per heavy atom. The molecule has 32 heavy (non-hydrogen) atoms. The maximum atomic E-state index is 14.0. The fraction of sp³-hybridized carbons (Fsp3) is 0.250. The number of nitrogens with two attached hydrogens (primary N) is 1. The Bertz CT molecular complexity index is 1150. The second kappa shape index (κ2) is 10.5. The molecule has 0 amide bonds. The van der Waals surface area contributed by atoms with Gasteiger partial charge in [0.2, 0.25) is 0 Å². The number of nitrogens with zero attached hydrogens (tertiary/aromatic N) is 1. The Hall–Kier alpha value is -3.00. The summed E-state index contributed by atoms with van der Waals surface area (Å²) in [6.45, 7) is 2.17. The summed E-state index contributed by atoms with van der Waals surface area (Å²) in [6, 6.07) is 6.14. The minimum absolute atomic E-state index is 0.0162. The van der Waals surface area contributed by atoms with E-state index in [4.69, 9.17) is 11.1 Å². The van der Waals surface area contributed by atoms with Crippen LogP contribution in [0.1, 0.15) is 49.4 Å². The zero-order chi connectivity index (χ0) is 23.3. The first-order valence-corrected chi connectivity index (χ1v) is 11.1. The maximum Gasteiger partial charge on any atom is 0.198 e. The van der Waals surface area contributed by atoms with Gasteiger partial charge in [-0.25, -0.2) is 17.6 Å². The largest absolute Gasteiger partial charge is 0.397 e. The number of unbranched alkanes of at least 4 members (excludes halogenated alkanes) is 3. The number of hydrogen-bond donors (Lipinski definition) is 2. The fourth-order valence-electron chi connectivity index (χ4n) is 3.33. The van der Waals surface area contributed by atoms with E-state index in [0.29, 0.717) is 11.8 Å². The highest BCUT2D eigenvalue weighted by Crippen LogP contribution is 2.31. The van der Waals surface area contributed by atoms with Crippen molar-refractivity contribution in [3.63, 3.8) is 0 Å². The molecule has 0 aliphatic carbocycles. The number of halogens is 4. The summed E-state index contributed by atoms with van der Waals surface area (Å²) in [5.74, 6) is -7.13. The van der Waals surface area contributed by atoms with E-state index in [-0.39, 0.29) is 5.70 Å². The molecule has 2 aromatic heterocycles. The highest BCUT2D eigenvalue weighted by Gasteiger charge is 2.21. The lowest BCUT2D eigenvalue weighted by molar-refractivity contribution is 0.408. The molecule has 0 fully saturated rings. The first-order valence-electron chi connectivity index (χ1n) is 10.3. The van der Waals surface area contributed by atoms with Crippen molar-refractivity contribution in [2.45, 2.75) is 39.0 Å². The van der Waals surface area contributed by atoms with E-state index >= 15 is 0 Å². The van der Waals surface area contributed by atoms with Crippen molar-refractivity contribution in [1.29, 1.82) is 5.41 Å². The van der Waals surface area contributed by atoms with Gasteiger partial charge in [-0.1, -0.05) is 26.2 Å². The Kier molecular flexibility index (Phi) is 7.80. The molecular formula is C24H23F4N3S. The highest BCUT2D eigenvalue weighted by molar-refractivity contribution is 7.13. The van der Waals surface area contributed by atoms with Gasteiger partial charge in [0.25, 0.3) is 0 Å². The topological polar surface area (TPSA) is 62.8 Å². The van der Waals surface area contributed by atoms with E-state index < -0.39 is 34.5 Å². The minimum Gasteiger partial charge on any atom is -0.397 e. The summed E-state index contributed by atoms with van der Waals surface area (Å²) in [5, 5.41) is 10.0. The van der Waals surface area contributed by atoms with E-state index in [1.54, 1.807) is 23.6 Å². The van der Waals surface area contributed by atoms with E-state index in [9.17, 15) is 17.6 Å². The summed E-state index contributed by atoms with van der Waals surface area (Å²) < 4.78 is 54.1. The van der Waals surface area contributed by atoms with Gasteiger partial charge in [-0.3, -0.25) is 4.98 Å². The average Bonchev–Trinajstić information content (AvgIpc) is 3.26. The smallest absolute Gasteiger partial charge is 0.198 e. The van der Waals surface area contributed by atoms with Crippen LogP contribution in [0.4, 0.5) is 17.6 Å². The summed E-state index contributed by atoms with van der Waals surface area (Å²) in [6.07, 6.45) is 8.24. The summed E-state index contributed by atoms with van der Waals surface area (Å²) in [7, 11) is 0. The Labute approximate surface area is 188 Å². The zero-order valence-corrected chi connectivity index (χ0v) is 18.3. The standard InChI is InChI=1S/C24H23F4N3S/c1-2-3-4-5-6-14-8-10-32-24(14)15-7-9-31-20(11-15)19(30)13-18(29)16-12-17(25)22(27)23(28)21(16)26/h7-13,29H,2-6,30H2,1H3/b19-13-,29-18?. The molecule has 3 nitrogen and oxygen atoms in total. The number of thiophene rings is 1. The van der Waals surface area contributed by atoms with E-state index in [0.717, 1.165) is 29.4 Å². The number of allylic oxidation sites excluding steroid dienone is 1. The lowest BCUT2D eigenvalue weighted by Gasteiger charge is -2.08. The van der Waals surface area contributed by atoms with Crippen molar-refractivity contribution >= 4 is 22.7 Å². The van der Waals surface area contributed by atoms with Crippen molar-refractivity contribution in [2.75, 3.05) is 0 Å². The number of benzene rings is 1. The quantitative estimate of drug-likeness (QED) is 0.120. The summed E-state index contributed by atoms with van der Waals surface area (Å²) in [5.41, 5.74) is 7.20. The van der Waals surface area contributed by atoms with Crippen LogP contribution in [0.15, 0.2) is 41.9 Å². The third-order valence-corrected chi connectivity index (χ3v) is 6.06. The van der Waals surface area contributed by atoms with Gasteiger partial charge in [-0.05, 0) is 59.7 Å². The van der Waals surface area contributed by atoms with Gasteiger partial charge in [0, 0.05) is 16.6 Å². The summed E-state index contributed by atoms with van der Waals surface area (Å²) in [4.78, 5) is 5.30. The predicted octanol–water partition coefficient (Wildman–Crippen LogP) is 6.86. The number of nitrogens with one attached hydrogen (secondary N) is 1. The van der Waals surface area contributed by atoms with Crippen LogP contribution in [-0.4, -0.2) is 10.7 Å². The molecule has 3 N–H and O–H groups in total. The molecule has 3 aromatic rings. The molecule has 0 saturated heterocycles. The van der Waals surface area contributed by atoms with Crippen LogP contribution in [-0.2, 0) is 6.42 Å². The summed E-state index contributed by atoms with van der Waals surface area (Å²) >= 11 is 1.61. The molecule has 0 aliphatic heterocycles. The number of aromatic nitrogens is 1. The minimum atomic E-state index is -1.97. The molecule has 0 spiro atoms. The van der Waals surface area contributed by atoms with Crippen molar-refractivity contribution < 1.29 is 17.6 Å². The lowest BCUT2D eigenvalue weighted by Crippen LogP contribution is -2.09. The molecule has 0 bridgehead atoms. The van der Waals surface area contributed by atoms with Crippen LogP contribution in [0.2, 0.25) is 0 Å². The molecule has 0 radical (unpaired) electrons. The molecule has 0 unspecified atom stereocenters. The Morgan fingerprint density at radius 1 is 1.06 bits per heavy atom. The third-order valence-electron chi connectivity index (χ3n) is 5.06. The number of hydrogen-bond acceptors (Lipinski definition) is 4. The van der Waals surface area contributed by atoms with E-state index in [1.807, 2.05) is 11.4 Å². The van der Waals surface area contributed by atoms with Crippen LogP contribution < -0.4 is 5.73 Å². The van der Waals surface area contributed by atoms with Crippen LogP contribution >= 0.6 is 11.3 Å². The zero-order valence-electron chi connectivity index (χ0n) is 17.5. The molecule has 0 saturated carbocycles. The van der Waals surface area contributed by atoms with Crippen molar-refractivity contribution in [3.05, 3.63) is 82.0 Å². The van der Waals surface area contributed by atoms with Gasteiger partial charge >= 0.3 is 0 Å². The molecule has 3 rings (SSSR count). The molecule has 2 heterocycles. The lowest BCUT2D eigenvalue weighted by atomic mass is 10.0. The Balaban J connectivity index is 1.85. The average molecular weight is 462 g/mol. The first-order chi connectivity index (χ1) is 15.3. The second-order valence-corrected chi connectivity index (χ2v) is 8.29. The van der Waals surface area contributed by atoms with Crippen LogP contribution in [0.3, 0.4) is 0 Å². The molecule has 0 atom stereocenters. The number of pyridine rings is 1. The SMILES string of the molecule is CCCCCCc1ccsc1-c1ccnc(/C(N)=C/C(=N)c2cc(F)c(F)c(F)c2F)c1. The first kappa shape index (κ1) is 23.7. The molecule has 168 valence electrons. The normalized spacial score (nSPS) is 11.7. The van der Waals surface area contributed by atoms with Crippen molar-refractivity contribution in [1.82, 2.24) is 4.98 Å². The van der Waals surface area contributed by atoms with Gasteiger partial charge in [0.15, 0.2) is 23.3 Å². The molecular weight excluding hydrogens is 438 g/mol. The number of aryl methyl sites for hydroxylation is 1. The predicted molar refractivity (Wildman–Crippen MR) is 121 cm³/mol. The maximum absolute atomic E-state index is 14.0. The molecule has 1 aromatic carbocycles. The van der Waals surface area contributed by atoms with Crippen LogP contribution in [0.25, 0.3) is 16.1 Å². The van der Waals surface area contributed by atoms with Crippen LogP contribution in [0, 0.1) is 28.7 Å². The Morgan fingerprint density at radius 3 is 2.59 bits per heavy atom. The monoisotopic (exact) mass is 461 g/mol. The third kappa shape index (κ3) is 5.24. The van der Waals surface area contributed by atoms with Crippen molar-refractivity contribution in [2.24, 2.45) is 5.73 Å². The second-order valence-electron chi connectivity index (χ2n) is 7.38. The van der Waals surface area contributed by atoms with Crippen molar-refractivity contribution in [3.8, 4) is 10.4 Å². The highest BCUT2D eigenvalue weighted by atomic mass is 32.1. The van der Waals surface area contributed by atoms with E-state index in [2.05, 4.69) is 18.0 Å². The van der Waals surface area contributed by atoms with Gasteiger partial charge in [-0.15, -0.1) is 11.3 Å². The van der Waals surface area contributed by atoms with E-state index in [1.165, 1.54) is 24.8 Å². The van der Waals surface area contributed by atoms with Gasteiger partial charge < -0.3 is 11.1 Å². The number of rotatable bonds is 9. The van der Waals surface area contributed by atoms with Gasteiger partial charge in [0.1, 0.15) is 0 Å². The van der Waals surface area contributed by atoms with Crippen LogP contribution in [0.5, 0.6) is 0 Å². The fourth-order valence-corrected chi connectivity index (χ4v) is 4.29. The van der Waals surface area contributed by atoms with Gasteiger partial charge in [-0.2, -0.15) is 0 Å². The molecule has 8 heteroatoms. The van der Waals surface area contributed by atoms with Gasteiger partial charge in [0.05, 0.1) is 17.1 Å². The molecule has 0 aliphatic rings.